The van der Waals surface area contributed by atoms with Crippen LogP contribution >= 0.6 is 0 Å². The zero-order valence-electron chi connectivity index (χ0n) is 13.7. The first-order valence-corrected chi connectivity index (χ1v) is 8.47. The number of hydrogen-bond acceptors (Lipinski definition) is 3. The van der Waals surface area contributed by atoms with Crippen LogP contribution in [0.15, 0.2) is 18.5 Å². The third-order valence-electron chi connectivity index (χ3n) is 4.59. The van der Waals surface area contributed by atoms with Crippen LogP contribution in [0, 0.1) is 11.8 Å². The SMILES string of the molecule is CCCC1CCC(C(N)c2cncc(OC(C)C)c2)CC1. The van der Waals surface area contributed by atoms with E-state index >= 15 is 0 Å². The summed E-state index contributed by atoms with van der Waals surface area (Å²) < 4.78 is 5.72. The van der Waals surface area contributed by atoms with Crippen LogP contribution in [0.3, 0.4) is 0 Å². The van der Waals surface area contributed by atoms with Gasteiger partial charge in [-0.05, 0) is 50.2 Å². The Morgan fingerprint density at radius 1 is 1.24 bits per heavy atom. The molecule has 1 unspecified atom stereocenters. The second-order valence-corrected chi connectivity index (χ2v) is 6.72. The Bertz CT molecular complexity index is 425. The van der Waals surface area contributed by atoms with Crippen molar-refractivity contribution >= 4 is 0 Å². The number of hydrogen-bond donors (Lipinski definition) is 1. The summed E-state index contributed by atoms with van der Waals surface area (Å²) in [6.07, 6.45) is 11.7. The van der Waals surface area contributed by atoms with Crippen molar-refractivity contribution in [2.45, 2.75) is 71.4 Å². The number of nitrogens with zero attached hydrogens (tertiary/aromatic N) is 1. The molecule has 1 aromatic rings. The average Bonchev–Trinajstić information content (AvgIpc) is 2.47. The first kappa shape index (κ1) is 16.3. The molecule has 0 amide bonds. The second kappa shape index (κ2) is 7.79. The minimum atomic E-state index is 0.0933. The van der Waals surface area contributed by atoms with E-state index in [0.717, 1.165) is 17.2 Å². The Balaban J connectivity index is 1.95. The molecule has 1 fully saturated rings. The highest BCUT2D eigenvalue weighted by Crippen LogP contribution is 2.37. The maximum atomic E-state index is 6.49. The molecule has 0 aromatic carbocycles. The van der Waals surface area contributed by atoms with Gasteiger partial charge in [0.05, 0.1) is 12.3 Å². The molecule has 0 spiro atoms. The van der Waals surface area contributed by atoms with Crippen LogP contribution in [-0.4, -0.2) is 11.1 Å². The molecule has 3 nitrogen and oxygen atoms in total. The summed E-state index contributed by atoms with van der Waals surface area (Å²) in [5.74, 6) is 2.35. The van der Waals surface area contributed by atoms with Gasteiger partial charge < -0.3 is 10.5 Å². The summed E-state index contributed by atoms with van der Waals surface area (Å²) >= 11 is 0. The van der Waals surface area contributed by atoms with Gasteiger partial charge >= 0.3 is 0 Å². The maximum absolute atomic E-state index is 6.49. The van der Waals surface area contributed by atoms with E-state index in [1.54, 1.807) is 6.20 Å². The fourth-order valence-electron chi connectivity index (χ4n) is 3.47. The molecule has 1 heterocycles. The van der Waals surface area contributed by atoms with E-state index in [9.17, 15) is 0 Å². The lowest BCUT2D eigenvalue weighted by Crippen LogP contribution is -2.26. The third kappa shape index (κ3) is 4.70. The van der Waals surface area contributed by atoms with Crippen molar-refractivity contribution in [2.75, 3.05) is 0 Å². The molecule has 0 saturated heterocycles. The highest BCUT2D eigenvalue weighted by atomic mass is 16.5. The lowest BCUT2D eigenvalue weighted by atomic mass is 9.76. The number of pyridine rings is 1. The van der Waals surface area contributed by atoms with Crippen molar-refractivity contribution < 1.29 is 4.74 Å². The minimum absolute atomic E-state index is 0.0933. The molecule has 2 rings (SSSR count). The summed E-state index contributed by atoms with van der Waals surface area (Å²) in [7, 11) is 0. The van der Waals surface area contributed by atoms with Crippen LogP contribution in [0.2, 0.25) is 0 Å². The molecule has 21 heavy (non-hydrogen) atoms. The Morgan fingerprint density at radius 3 is 2.57 bits per heavy atom. The van der Waals surface area contributed by atoms with E-state index in [1.807, 2.05) is 20.0 Å². The van der Waals surface area contributed by atoms with Gasteiger partial charge in [0, 0.05) is 12.2 Å². The summed E-state index contributed by atoms with van der Waals surface area (Å²) in [6.45, 7) is 6.34. The van der Waals surface area contributed by atoms with Crippen LogP contribution < -0.4 is 10.5 Å². The number of nitrogens with two attached hydrogens (primary N) is 1. The van der Waals surface area contributed by atoms with E-state index in [2.05, 4.69) is 18.0 Å². The molecule has 2 N–H and O–H groups in total. The van der Waals surface area contributed by atoms with E-state index in [0.29, 0.717) is 5.92 Å². The Labute approximate surface area is 129 Å². The summed E-state index contributed by atoms with van der Waals surface area (Å²) in [5, 5.41) is 0. The van der Waals surface area contributed by atoms with Gasteiger partial charge in [0.15, 0.2) is 0 Å². The standard InChI is InChI=1S/C18H30N2O/c1-4-5-14-6-8-15(9-7-14)18(19)16-10-17(12-20-11-16)21-13(2)3/h10-15,18H,4-9,19H2,1-3H3. The van der Waals surface area contributed by atoms with Crippen molar-refractivity contribution in [3.05, 3.63) is 24.0 Å². The molecule has 1 saturated carbocycles. The van der Waals surface area contributed by atoms with Gasteiger partial charge in [0.25, 0.3) is 0 Å². The molecule has 1 aromatic heterocycles. The zero-order chi connectivity index (χ0) is 15.2. The molecule has 1 aliphatic carbocycles. The van der Waals surface area contributed by atoms with E-state index < -0.39 is 0 Å². The highest BCUT2D eigenvalue weighted by molar-refractivity contribution is 5.26. The first-order valence-electron chi connectivity index (χ1n) is 8.47. The molecule has 0 radical (unpaired) electrons. The molecule has 118 valence electrons. The van der Waals surface area contributed by atoms with Crippen LogP contribution in [0.1, 0.15) is 70.9 Å². The summed E-state index contributed by atoms with van der Waals surface area (Å²) in [5.41, 5.74) is 7.61. The zero-order valence-corrected chi connectivity index (χ0v) is 13.7. The number of rotatable bonds is 6. The van der Waals surface area contributed by atoms with Crippen LogP contribution in [0.25, 0.3) is 0 Å². The highest BCUT2D eigenvalue weighted by Gasteiger charge is 2.26. The average molecular weight is 290 g/mol. The largest absolute Gasteiger partial charge is 0.489 e. The van der Waals surface area contributed by atoms with E-state index in [-0.39, 0.29) is 12.1 Å². The lowest BCUT2D eigenvalue weighted by molar-refractivity contribution is 0.230. The van der Waals surface area contributed by atoms with Crippen molar-refractivity contribution in [3.63, 3.8) is 0 Å². The van der Waals surface area contributed by atoms with Gasteiger partial charge in [-0.2, -0.15) is 0 Å². The van der Waals surface area contributed by atoms with Gasteiger partial charge in [-0.3, -0.25) is 4.98 Å². The summed E-state index contributed by atoms with van der Waals surface area (Å²) in [6, 6.07) is 2.16. The van der Waals surface area contributed by atoms with Crippen LogP contribution in [0.5, 0.6) is 5.75 Å². The smallest absolute Gasteiger partial charge is 0.138 e. The molecular weight excluding hydrogens is 260 g/mol. The number of ether oxygens (including phenoxy) is 1. The molecular formula is C18H30N2O. The quantitative estimate of drug-likeness (QED) is 0.840. The molecule has 0 aliphatic heterocycles. The monoisotopic (exact) mass is 290 g/mol. The normalized spacial score (nSPS) is 24.0. The predicted molar refractivity (Wildman–Crippen MR) is 87.3 cm³/mol. The fraction of sp³-hybridized carbons (Fsp3) is 0.722. The lowest BCUT2D eigenvalue weighted by Gasteiger charge is -2.32. The predicted octanol–water partition coefficient (Wildman–Crippen LogP) is 4.48. The topological polar surface area (TPSA) is 48.1 Å². The molecule has 0 bridgehead atoms. The Morgan fingerprint density at radius 2 is 1.95 bits per heavy atom. The van der Waals surface area contributed by atoms with Crippen molar-refractivity contribution in [1.82, 2.24) is 4.98 Å². The molecule has 1 aliphatic rings. The van der Waals surface area contributed by atoms with Gasteiger partial charge in [-0.15, -0.1) is 0 Å². The van der Waals surface area contributed by atoms with Gasteiger partial charge in [-0.25, -0.2) is 0 Å². The number of aromatic nitrogens is 1. The van der Waals surface area contributed by atoms with Gasteiger partial charge in [-0.1, -0.05) is 32.6 Å². The van der Waals surface area contributed by atoms with E-state index in [1.165, 1.54) is 38.5 Å². The summed E-state index contributed by atoms with van der Waals surface area (Å²) in [4.78, 5) is 4.29. The first-order chi connectivity index (χ1) is 10.1. The molecule has 1 atom stereocenters. The van der Waals surface area contributed by atoms with Crippen LogP contribution in [-0.2, 0) is 0 Å². The molecule has 3 heteroatoms. The van der Waals surface area contributed by atoms with Crippen LogP contribution in [0.4, 0.5) is 0 Å². The maximum Gasteiger partial charge on any atom is 0.138 e. The van der Waals surface area contributed by atoms with Crippen molar-refractivity contribution in [2.24, 2.45) is 17.6 Å². The second-order valence-electron chi connectivity index (χ2n) is 6.72. The minimum Gasteiger partial charge on any atom is -0.489 e. The fourth-order valence-corrected chi connectivity index (χ4v) is 3.47. The van der Waals surface area contributed by atoms with Gasteiger partial charge in [0.2, 0.25) is 0 Å². The van der Waals surface area contributed by atoms with Crippen molar-refractivity contribution in [1.29, 1.82) is 0 Å². The third-order valence-corrected chi connectivity index (χ3v) is 4.59. The Hall–Kier alpha value is -1.09. The van der Waals surface area contributed by atoms with Gasteiger partial charge in [0.1, 0.15) is 5.75 Å². The van der Waals surface area contributed by atoms with Crippen molar-refractivity contribution in [3.8, 4) is 5.75 Å². The van der Waals surface area contributed by atoms with E-state index in [4.69, 9.17) is 10.5 Å². The Kier molecular flexibility index (Phi) is 6.04.